The average molecular weight is 471 g/mol. The first-order valence-corrected chi connectivity index (χ1v) is 11.9. The van der Waals surface area contributed by atoms with Gasteiger partial charge in [0.2, 0.25) is 0 Å². The summed E-state index contributed by atoms with van der Waals surface area (Å²) in [4.78, 5) is 28.0. The van der Waals surface area contributed by atoms with E-state index >= 15 is 0 Å². The van der Waals surface area contributed by atoms with Gasteiger partial charge in [0, 0.05) is 56.4 Å². The van der Waals surface area contributed by atoms with Gasteiger partial charge in [-0.15, -0.1) is 0 Å². The highest BCUT2D eigenvalue weighted by Crippen LogP contribution is 2.27. The Bertz CT molecular complexity index is 960. The number of rotatable bonds is 7. The largest absolute Gasteiger partial charge is 0.489 e. The maximum absolute atomic E-state index is 12.7. The lowest BCUT2D eigenvalue weighted by Crippen LogP contribution is -2.43. The molecule has 1 atom stereocenters. The summed E-state index contributed by atoms with van der Waals surface area (Å²) < 4.78 is 6.01. The number of carbonyl (C=O) groups is 2. The van der Waals surface area contributed by atoms with Crippen LogP contribution < -0.4 is 20.3 Å². The molecule has 4 rings (SSSR count). The fourth-order valence-corrected chi connectivity index (χ4v) is 4.48. The molecule has 2 heterocycles. The zero-order chi connectivity index (χ0) is 23.2. The van der Waals surface area contributed by atoms with Crippen LogP contribution in [0, 0.1) is 0 Å². The van der Waals surface area contributed by atoms with Crippen LogP contribution in [0.3, 0.4) is 0 Å². The highest BCUT2D eigenvalue weighted by molar-refractivity contribution is 6.32. The summed E-state index contributed by atoms with van der Waals surface area (Å²) in [6.07, 6.45) is 2.61. The van der Waals surface area contributed by atoms with Gasteiger partial charge in [0.1, 0.15) is 17.6 Å². The van der Waals surface area contributed by atoms with Crippen molar-refractivity contribution >= 4 is 34.8 Å². The Kier molecular flexibility index (Phi) is 7.73. The first-order valence-electron chi connectivity index (χ1n) is 11.5. The highest BCUT2D eigenvalue weighted by atomic mass is 35.5. The van der Waals surface area contributed by atoms with E-state index in [2.05, 4.69) is 15.5 Å². The number of amides is 2. The molecule has 0 aliphatic carbocycles. The summed E-state index contributed by atoms with van der Waals surface area (Å²) in [5.74, 6) is 0.854. The van der Waals surface area contributed by atoms with Crippen LogP contribution >= 0.6 is 11.6 Å². The Morgan fingerprint density at radius 1 is 1.03 bits per heavy atom. The van der Waals surface area contributed by atoms with Crippen molar-refractivity contribution in [2.45, 2.75) is 38.3 Å². The minimum absolute atomic E-state index is 0.0578. The lowest BCUT2D eigenvalue weighted by atomic mass is 10.1. The van der Waals surface area contributed by atoms with Crippen molar-refractivity contribution in [1.29, 1.82) is 0 Å². The molecule has 33 heavy (non-hydrogen) atoms. The Balaban J connectivity index is 1.22. The Hall–Kier alpha value is -2.77. The molecule has 0 spiro atoms. The zero-order valence-corrected chi connectivity index (χ0v) is 19.7. The predicted octanol–water partition coefficient (Wildman–Crippen LogP) is 4.17. The topological polar surface area (TPSA) is 73.9 Å². The smallest absolute Gasteiger partial charge is 0.321 e. The fraction of sp³-hybridized carbons (Fsp3) is 0.440. The molecule has 7 nitrogen and oxygen atoms in total. The van der Waals surface area contributed by atoms with Gasteiger partial charge in [-0.3, -0.25) is 4.79 Å². The number of Topliss-reactive ketones (excluding diaryl/α,β-unsaturated/α-hetero) is 1. The maximum Gasteiger partial charge on any atom is 0.321 e. The predicted molar refractivity (Wildman–Crippen MR) is 131 cm³/mol. The second-order valence-electron chi connectivity index (χ2n) is 8.73. The number of urea groups is 1. The number of anilines is 2. The number of piperidine rings is 1. The van der Waals surface area contributed by atoms with E-state index < -0.39 is 0 Å². The number of ketones is 1. The van der Waals surface area contributed by atoms with Crippen molar-refractivity contribution in [1.82, 2.24) is 10.2 Å². The molecule has 0 aromatic heterocycles. The van der Waals surface area contributed by atoms with E-state index in [4.69, 9.17) is 16.3 Å². The Morgan fingerprint density at radius 3 is 2.45 bits per heavy atom. The van der Waals surface area contributed by atoms with Gasteiger partial charge in [0.05, 0.1) is 11.6 Å². The quantitative estimate of drug-likeness (QED) is 0.635. The SMILES string of the molecule is CC(=O)CNC1CCN(c2ccc(NC(=O)N3CCC(Oc4ccccc4Cl)CC3)cc2)C1. The molecular formula is C25H31ClN4O3. The minimum atomic E-state index is -0.0892. The van der Waals surface area contributed by atoms with Crippen LogP contribution in [0.5, 0.6) is 5.75 Å². The van der Waals surface area contributed by atoms with Crippen molar-refractivity contribution in [2.75, 3.05) is 42.9 Å². The average Bonchev–Trinajstić information content (AvgIpc) is 3.29. The number of nitrogens with zero attached hydrogens (tertiary/aromatic N) is 2. The lowest BCUT2D eigenvalue weighted by molar-refractivity contribution is -0.116. The summed E-state index contributed by atoms with van der Waals surface area (Å²) in [6.45, 7) is 5.13. The molecule has 2 amide bonds. The van der Waals surface area contributed by atoms with Gasteiger partial charge in [0.15, 0.2) is 0 Å². The van der Waals surface area contributed by atoms with E-state index in [0.29, 0.717) is 36.4 Å². The number of halogens is 1. The van der Waals surface area contributed by atoms with Crippen LogP contribution in [-0.4, -0.2) is 61.6 Å². The Labute approximate surface area is 200 Å². The standard InChI is InChI=1S/C25H31ClN4O3/c1-18(31)16-27-20-10-13-30(17-20)21-8-6-19(7-9-21)28-25(32)29-14-11-22(12-15-29)33-24-5-3-2-4-23(24)26/h2-9,20,22,27H,10-17H2,1H3,(H,28,32). The molecule has 2 saturated heterocycles. The third-order valence-electron chi connectivity index (χ3n) is 6.17. The van der Waals surface area contributed by atoms with E-state index in [0.717, 1.165) is 43.7 Å². The van der Waals surface area contributed by atoms with Crippen molar-refractivity contribution in [3.8, 4) is 5.75 Å². The zero-order valence-electron chi connectivity index (χ0n) is 18.9. The van der Waals surface area contributed by atoms with Crippen LogP contribution in [-0.2, 0) is 4.79 Å². The molecule has 2 fully saturated rings. The van der Waals surface area contributed by atoms with Crippen LogP contribution in [0.4, 0.5) is 16.2 Å². The number of ether oxygens (including phenoxy) is 1. The van der Waals surface area contributed by atoms with Crippen LogP contribution in [0.15, 0.2) is 48.5 Å². The highest BCUT2D eigenvalue weighted by Gasteiger charge is 2.25. The van der Waals surface area contributed by atoms with E-state index in [1.54, 1.807) is 6.92 Å². The summed E-state index contributed by atoms with van der Waals surface area (Å²) in [5, 5.41) is 6.92. The van der Waals surface area contributed by atoms with E-state index in [9.17, 15) is 9.59 Å². The number of para-hydroxylation sites is 1. The molecule has 1 unspecified atom stereocenters. The summed E-state index contributed by atoms with van der Waals surface area (Å²) in [5.41, 5.74) is 1.90. The van der Waals surface area contributed by atoms with Crippen molar-refractivity contribution in [2.24, 2.45) is 0 Å². The lowest BCUT2D eigenvalue weighted by Gasteiger charge is -2.32. The van der Waals surface area contributed by atoms with Crippen molar-refractivity contribution in [3.63, 3.8) is 0 Å². The van der Waals surface area contributed by atoms with Crippen molar-refractivity contribution in [3.05, 3.63) is 53.6 Å². The second-order valence-corrected chi connectivity index (χ2v) is 9.13. The molecule has 0 bridgehead atoms. The molecule has 2 aromatic rings. The van der Waals surface area contributed by atoms with Gasteiger partial charge in [-0.1, -0.05) is 23.7 Å². The van der Waals surface area contributed by atoms with E-state index in [1.165, 1.54) is 0 Å². The molecular weight excluding hydrogens is 440 g/mol. The maximum atomic E-state index is 12.7. The van der Waals surface area contributed by atoms with E-state index in [-0.39, 0.29) is 17.9 Å². The Morgan fingerprint density at radius 2 is 1.76 bits per heavy atom. The molecule has 8 heteroatoms. The number of hydrogen-bond acceptors (Lipinski definition) is 5. The molecule has 2 N–H and O–H groups in total. The first kappa shape index (κ1) is 23.4. The molecule has 0 saturated carbocycles. The van der Waals surface area contributed by atoms with Crippen molar-refractivity contribution < 1.29 is 14.3 Å². The number of carbonyl (C=O) groups excluding carboxylic acids is 2. The van der Waals surface area contributed by atoms with Crippen LogP contribution in [0.25, 0.3) is 0 Å². The number of hydrogen-bond donors (Lipinski definition) is 2. The fourth-order valence-electron chi connectivity index (χ4n) is 4.30. The van der Waals surface area contributed by atoms with E-state index in [1.807, 2.05) is 53.4 Å². The molecule has 176 valence electrons. The molecule has 0 radical (unpaired) electrons. The number of benzene rings is 2. The summed E-state index contributed by atoms with van der Waals surface area (Å²) in [7, 11) is 0. The molecule has 2 aromatic carbocycles. The van der Waals surface area contributed by atoms with Gasteiger partial charge in [-0.05, 0) is 49.7 Å². The van der Waals surface area contributed by atoms with Gasteiger partial charge in [-0.2, -0.15) is 0 Å². The van der Waals surface area contributed by atoms with Crippen LogP contribution in [0.2, 0.25) is 5.02 Å². The van der Waals surface area contributed by atoms with Gasteiger partial charge in [-0.25, -0.2) is 4.79 Å². The number of nitrogens with one attached hydrogen (secondary N) is 2. The normalized spacial score (nSPS) is 18.9. The number of likely N-dealkylation sites (tertiary alicyclic amines) is 1. The summed E-state index contributed by atoms with van der Waals surface area (Å²) in [6, 6.07) is 15.7. The second kappa shape index (κ2) is 10.9. The van der Waals surface area contributed by atoms with Crippen LogP contribution in [0.1, 0.15) is 26.2 Å². The molecule has 2 aliphatic heterocycles. The minimum Gasteiger partial charge on any atom is -0.489 e. The van der Waals surface area contributed by atoms with Gasteiger partial charge >= 0.3 is 6.03 Å². The van der Waals surface area contributed by atoms with Gasteiger partial charge < -0.3 is 25.2 Å². The monoisotopic (exact) mass is 470 g/mol. The third-order valence-corrected chi connectivity index (χ3v) is 6.48. The molecule has 2 aliphatic rings. The first-order chi connectivity index (χ1) is 16.0. The third kappa shape index (κ3) is 6.39. The summed E-state index contributed by atoms with van der Waals surface area (Å²) >= 11 is 6.18. The van der Waals surface area contributed by atoms with Gasteiger partial charge in [0.25, 0.3) is 0 Å².